The molecule has 0 saturated heterocycles. The largest absolute Gasteiger partial charge is 0.497 e. The maximum atomic E-state index is 10.9. The van der Waals surface area contributed by atoms with E-state index in [-0.39, 0.29) is 12.7 Å². The number of fused-ring (bicyclic) bond motifs is 1. The van der Waals surface area contributed by atoms with Crippen molar-refractivity contribution in [3.05, 3.63) is 66.6 Å². The molecular formula is C28H28N2O5. The van der Waals surface area contributed by atoms with Crippen LogP contribution >= 0.6 is 0 Å². The first-order valence-corrected chi connectivity index (χ1v) is 11.9. The third kappa shape index (κ3) is 5.05. The number of carboxylic acids is 1. The quantitative estimate of drug-likeness (QED) is 0.348. The fraction of sp³-hybridized carbons (Fsp3) is 0.321. The van der Waals surface area contributed by atoms with Crippen molar-refractivity contribution in [1.29, 1.82) is 0 Å². The summed E-state index contributed by atoms with van der Waals surface area (Å²) in [5, 5.41) is 9.89. The van der Waals surface area contributed by atoms with Crippen molar-refractivity contribution in [1.82, 2.24) is 9.97 Å². The van der Waals surface area contributed by atoms with Crippen molar-refractivity contribution in [3.8, 4) is 28.2 Å². The second-order valence-electron chi connectivity index (χ2n) is 8.96. The Kier molecular flexibility index (Phi) is 6.77. The Morgan fingerprint density at radius 3 is 2.60 bits per heavy atom. The van der Waals surface area contributed by atoms with Crippen LogP contribution in [0.25, 0.3) is 33.6 Å². The summed E-state index contributed by atoms with van der Waals surface area (Å²) in [6.07, 6.45) is 6.06. The van der Waals surface area contributed by atoms with Gasteiger partial charge in [0.1, 0.15) is 24.4 Å². The standard InChI is InChI=1S/C28H28N2O5/c1-33-21-12-10-19(11-13-21)25-26-23(15-18-6-5-9-22(14-18)34-16-24(31)32)29-17-30-28(26)35-27(25)20-7-3-2-4-8-20/h2-4,7-8,10-13,17-18,22H,5-6,9,14-16H2,1H3,(H,31,32)/t18-,22-/m0/s1. The van der Waals surface area contributed by atoms with Crippen LogP contribution in [-0.4, -0.2) is 40.9 Å². The predicted octanol–water partition coefficient (Wildman–Crippen LogP) is 5.77. The molecule has 0 amide bonds. The average molecular weight is 473 g/mol. The monoisotopic (exact) mass is 472 g/mol. The number of benzene rings is 2. The fourth-order valence-electron chi connectivity index (χ4n) is 5.02. The second-order valence-corrected chi connectivity index (χ2v) is 8.96. The summed E-state index contributed by atoms with van der Waals surface area (Å²) in [5.41, 5.74) is 4.46. The SMILES string of the molecule is COc1ccc(-c2c(-c3ccccc3)oc3ncnc(C[C@H]4CCC[C@H](OCC(=O)O)C4)c23)cc1. The van der Waals surface area contributed by atoms with Crippen molar-refractivity contribution in [2.45, 2.75) is 38.2 Å². The molecule has 1 saturated carbocycles. The van der Waals surface area contributed by atoms with Gasteiger partial charge in [0.15, 0.2) is 0 Å². The van der Waals surface area contributed by atoms with Gasteiger partial charge in [0.25, 0.3) is 0 Å². The first kappa shape index (κ1) is 23.1. The molecule has 2 aromatic heterocycles. The number of carbonyl (C=O) groups is 1. The zero-order chi connectivity index (χ0) is 24.2. The van der Waals surface area contributed by atoms with E-state index in [1.807, 2.05) is 54.6 Å². The van der Waals surface area contributed by atoms with Gasteiger partial charge >= 0.3 is 5.97 Å². The van der Waals surface area contributed by atoms with Gasteiger partial charge in [-0.05, 0) is 49.3 Å². The first-order chi connectivity index (χ1) is 17.1. The molecular weight excluding hydrogens is 444 g/mol. The number of furan rings is 1. The molecule has 0 radical (unpaired) electrons. The molecule has 1 aliphatic rings. The number of hydrogen-bond acceptors (Lipinski definition) is 6. The Balaban J connectivity index is 1.55. The molecule has 7 nitrogen and oxygen atoms in total. The summed E-state index contributed by atoms with van der Waals surface area (Å²) in [5.74, 6) is 0.966. The Hall–Kier alpha value is -3.71. The minimum absolute atomic E-state index is 0.0348. The Bertz CT molecular complexity index is 1300. The lowest BCUT2D eigenvalue weighted by atomic mass is 9.83. The Labute approximate surface area is 203 Å². The highest BCUT2D eigenvalue weighted by Gasteiger charge is 2.27. The van der Waals surface area contributed by atoms with Crippen molar-refractivity contribution in [3.63, 3.8) is 0 Å². The molecule has 1 N–H and O–H groups in total. The molecule has 1 fully saturated rings. The van der Waals surface area contributed by atoms with Gasteiger partial charge in [0, 0.05) is 11.1 Å². The number of nitrogens with zero attached hydrogens (tertiary/aromatic N) is 2. The minimum Gasteiger partial charge on any atom is -0.497 e. The Morgan fingerprint density at radius 1 is 1.06 bits per heavy atom. The molecule has 35 heavy (non-hydrogen) atoms. The van der Waals surface area contributed by atoms with E-state index in [0.29, 0.717) is 11.6 Å². The van der Waals surface area contributed by atoms with E-state index in [1.165, 1.54) is 0 Å². The molecule has 180 valence electrons. The van der Waals surface area contributed by atoms with Gasteiger partial charge in [-0.25, -0.2) is 14.8 Å². The molecule has 2 heterocycles. The number of methoxy groups -OCH3 is 1. The van der Waals surface area contributed by atoms with Gasteiger partial charge in [0.05, 0.1) is 24.3 Å². The van der Waals surface area contributed by atoms with Gasteiger partial charge in [-0.3, -0.25) is 0 Å². The molecule has 1 aliphatic carbocycles. The summed E-state index contributed by atoms with van der Waals surface area (Å²) in [6.45, 7) is -0.251. The van der Waals surface area contributed by atoms with Gasteiger partial charge < -0.3 is 19.0 Å². The van der Waals surface area contributed by atoms with Gasteiger partial charge in [-0.2, -0.15) is 0 Å². The molecule has 5 rings (SSSR count). The third-order valence-electron chi connectivity index (χ3n) is 6.64. The van der Waals surface area contributed by atoms with E-state index in [0.717, 1.165) is 71.4 Å². The van der Waals surface area contributed by atoms with Crippen molar-refractivity contribution in [2.75, 3.05) is 13.7 Å². The summed E-state index contributed by atoms with van der Waals surface area (Å²) in [7, 11) is 1.65. The van der Waals surface area contributed by atoms with E-state index in [1.54, 1.807) is 13.4 Å². The number of ether oxygens (including phenoxy) is 2. The first-order valence-electron chi connectivity index (χ1n) is 11.9. The lowest BCUT2D eigenvalue weighted by Gasteiger charge is -2.28. The van der Waals surface area contributed by atoms with Crippen LogP contribution in [0.2, 0.25) is 0 Å². The highest BCUT2D eigenvalue weighted by atomic mass is 16.5. The molecule has 0 unspecified atom stereocenters. The van der Waals surface area contributed by atoms with Crippen molar-refractivity contribution in [2.24, 2.45) is 5.92 Å². The summed E-state index contributed by atoms with van der Waals surface area (Å²) in [4.78, 5) is 20.1. The molecule has 0 bridgehead atoms. The lowest BCUT2D eigenvalue weighted by molar-refractivity contribution is -0.145. The van der Waals surface area contributed by atoms with Gasteiger partial charge in [-0.15, -0.1) is 0 Å². The zero-order valence-electron chi connectivity index (χ0n) is 19.6. The maximum Gasteiger partial charge on any atom is 0.329 e. The third-order valence-corrected chi connectivity index (χ3v) is 6.64. The molecule has 2 atom stereocenters. The van der Waals surface area contributed by atoms with Crippen LogP contribution in [0.1, 0.15) is 31.4 Å². The van der Waals surface area contributed by atoms with Gasteiger partial charge in [-0.1, -0.05) is 48.9 Å². The number of aromatic nitrogens is 2. The fourth-order valence-corrected chi connectivity index (χ4v) is 5.02. The highest BCUT2D eigenvalue weighted by Crippen LogP contribution is 2.42. The minimum atomic E-state index is -0.930. The van der Waals surface area contributed by atoms with E-state index in [4.69, 9.17) is 24.0 Å². The van der Waals surface area contributed by atoms with Crippen LogP contribution in [-0.2, 0) is 16.0 Å². The van der Waals surface area contributed by atoms with E-state index in [9.17, 15) is 4.79 Å². The highest BCUT2D eigenvalue weighted by molar-refractivity contribution is 6.01. The lowest BCUT2D eigenvalue weighted by Crippen LogP contribution is -2.26. The smallest absolute Gasteiger partial charge is 0.329 e. The average Bonchev–Trinajstić information content (AvgIpc) is 3.29. The number of aliphatic carboxylic acids is 1. The molecule has 7 heteroatoms. The van der Waals surface area contributed by atoms with Crippen LogP contribution in [0.4, 0.5) is 0 Å². The molecule has 4 aromatic rings. The molecule has 0 spiro atoms. The van der Waals surface area contributed by atoms with Crippen LogP contribution < -0.4 is 4.74 Å². The van der Waals surface area contributed by atoms with Crippen molar-refractivity contribution < 1.29 is 23.8 Å². The normalized spacial score (nSPS) is 18.0. The zero-order valence-corrected chi connectivity index (χ0v) is 19.6. The second kappa shape index (κ2) is 10.3. The number of carboxylic acid groups (broad SMARTS) is 1. The molecule has 2 aromatic carbocycles. The summed E-state index contributed by atoms with van der Waals surface area (Å²) >= 11 is 0. The van der Waals surface area contributed by atoms with E-state index >= 15 is 0 Å². The van der Waals surface area contributed by atoms with Crippen LogP contribution in [0.15, 0.2) is 65.3 Å². The van der Waals surface area contributed by atoms with Crippen LogP contribution in [0.5, 0.6) is 5.75 Å². The van der Waals surface area contributed by atoms with Crippen molar-refractivity contribution >= 4 is 17.1 Å². The number of hydrogen-bond donors (Lipinski definition) is 1. The van der Waals surface area contributed by atoms with Crippen LogP contribution in [0, 0.1) is 5.92 Å². The predicted molar refractivity (Wildman–Crippen MR) is 132 cm³/mol. The van der Waals surface area contributed by atoms with E-state index < -0.39 is 5.97 Å². The Morgan fingerprint density at radius 2 is 1.86 bits per heavy atom. The summed E-state index contributed by atoms with van der Waals surface area (Å²) < 4.78 is 17.3. The van der Waals surface area contributed by atoms with E-state index in [2.05, 4.69) is 4.98 Å². The van der Waals surface area contributed by atoms with Gasteiger partial charge in [0.2, 0.25) is 5.71 Å². The maximum absolute atomic E-state index is 10.9. The summed E-state index contributed by atoms with van der Waals surface area (Å²) in [6, 6.07) is 18.0. The number of rotatable bonds is 8. The molecule has 0 aliphatic heterocycles. The van der Waals surface area contributed by atoms with Crippen LogP contribution in [0.3, 0.4) is 0 Å². The topological polar surface area (TPSA) is 94.7 Å².